The van der Waals surface area contributed by atoms with Gasteiger partial charge in [0.2, 0.25) is 10.0 Å². The van der Waals surface area contributed by atoms with Gasteiger partial charge in [-0.25, -0.2) is 13.6 Å². The van der Waals surface area contributed by atoms with Crippen molar-refractivity contribution in [1.29, 1.82) is 0 Å². The molecule has 1 amide bonds. The molecule has 128 valence electrons. The molecule has 1 unspecified atom stereocenters. The van der Waals surface area contributed by atoms with Crippen molar-refractivity contribution in [2.45, 2.75) is 30.7 Å². The number of nitrogens with zero attached hydrogens (tertiary/aromatic N) is 1. The number of methoxy groups -OCH3 is 1. The number of likely N-dealkylation sites (N-methyl/N-ethyl adjacent to an activating group) is 1. The van der Waals surface area contributed by atoms with Crippen LogP contribution in [0.2, 0.25) is 0 Å². The van der Waals surface area contributed by atoms with E-state index in [0.29, 0.717) is 18.3 Å². The Labute approximate surface area is 136 Å². The number of amides is 1. The predicted octanol–water partition coefficient (Wildman–Crippen LogP) is 0.557. The second-order valence-corrected chi connectivity index (χ2v) is 7.10. The highest BCUT2D eigenvalue weighted by atomic mass is 32.2. The van der Waals surface area contributed by atoms with Crippen molar-refractivity contribution >= 4 is 15.9 Å². The smallest absolute Gasteiger partial charge is 0.255 e. The van der Waals surface area contributed by atoms with Crippen molar-refractivity contribution in [3.8, 4) is 5.75 Å². The quantitative estimate of drug-likeness (QED) is 0.786. The molecule has 8 heteroatoms. The topological polar surface area (TPSA) is 102 Å². The lowest BCUT2D eigenvalue weighted by Crippen LogP contribution is -2.40. The third-order valence-corrected chi connectivity index (χ3v) is 5.06. The zero-order valence-corrected chi connectivity index (χ0v) is 14.2. The molecule has 1 aliphatic rings. The summed E-state index contributed by atoms with van der Waals surface area (Å²) >= 11 is 0. The van der Waals surface area contributed by atoms with Crippen molar-refractivity contribution in [2.75, 3.05) is 26.7 Å². The zero-order chi connectivity index (χ0) is 17.0. The fourth-order valence-corrected chi connectivity index (χ4v) is 3.43. The molecule has 0 aromatic heterocycles. The summed E-state index contributed by atoms with van der Waals surface area (Å²) in [6, 6.07) is 4.32. The number of benzene rings is 1. The average molecular weight is 343 g/mol. The normalized spacial score (nSPS) is 18.8. The first-order valence-electron chi connectivity index (χ1n) is 7.60. The molecule has 0 aliphatic carbocycles. The van der Waals surface area contributed by atoms with Crippen LogP contribution in [-0.4, -0.2) is 52.0 Å². The molecule has 1 aromatic rings. The maximum atomic E-state index is 12.4. The molecule has 0 saturated carbocycles. The SMILES string of the molecule is CCN1CCCC1CN[14C](=O)c1cc(S(N)(=O)=O)ccc1OC. The summed E-state index contributed by atoms with van der Waals surface area (Å²) < 4.78 is 28.1. The van der Waals surface area contributed by atoms with Gasteiger partial charge in [0.1, 0.15) is 5.75 Å². The van der Waals surface area contributed by atoms with E-state index in [2.05, 4.69) is 17.1 Å². The number of nitrogens with one attached hydrogen (secondary N) is 1. The van der Waals surface area contributed by atoms with Gasteiger partial charge in [0.15, 0.2) is 0 Å². The fraction of sp³-hybridized carbons (Fsp3) is 0.533. The highest BCUT2D eigenvalue weighted by molar-refractivity contribution is 7.89. The molecule has 1 saturated heterocycles. The van der Waals surface area contributed by atoms with Gasteiger partial charge in [0.25, 0.3) is 5.91 Å². The number of hydrogen-bond acceptors (Lipinski definition) is 5. The number of rotatable bonds is 6. The van der Waals surface area contributed by atoms with Gasteiger partial charge in [0, 0.05) is 12.6 Å². The fourth-order valence-electron chi connectivity index (χ4n) is 2.89. The van der Waals surface area contributed by atoms with Crippen LogP contribution in [0.15, 0.2) is 23.1 Å². The molecule has 2 rings (SSSR count). The van der Waals surface area contributed by atoms with Crippen molar-refractivity contribution in [3.63, 3.8) is 0 Å². The number of carbonyl (C=O) groups is 1. The highest BCUT2D eigenvalue weighted by Crippen LogP contribution is 2.22. The van der Waals surface area contributed by atoms with Crippen molar-refractivity contribution in [1.82, 2.24) is 10.2 Å². The summed E-state index contributed by atoms with van der Waals surface area (Å²) in [5, 5.41) is 7.98. The minimum absolute atomic E-state index is 0.112. The molecule has 1 aromatic carbocycles. The van der Waals surface area contributed by atoms with Crippen LogP contribution in [0, 0.1) is 0 Å². The first-order valence-corrected chi connectivity index (χ1v) is 9.14. The van der Waals surface area contributed by atoms with E-state index in [9.17, 15) is 13.2 Å². The molecule has 1 atom stereocenters. The van der Waals surface area contributed by atoms with Gasteiger partial charge in [-0.15, -0.1) is 0 Å². The van der Waals surface area contributed by atoms with Gasteiger partial charge in [-0.05, 0) is 44.1 Å². The Balaban J connectivity index is 2.14. The largest absolute Gasteiger partial charge is 0.496 e. The van der Waals surface area contributed by atoms with Crippen molar-refractivity contribution < 1.29 is 17.9 Å². The summed E-state index contributed by atoms with van der Waals surface area (Å²) in [4.78, 5) is 14.6. The lowest BCUT2D eigenvalue weighted by molar-refractivity contribution is 0.0938. The van der Waals surface area contributed by atoms with Crippen LogP contribution in [-0.2, 0) is 10.0 Å². The highest BCUT2D eigenvalue weighted by Gasteiger charge is 2.24. The zero-order valence-electron chi connectivity index (χ0n) is 13.4. The van der Waals surface area contributed by atoms with E-state index in [-0.39, 0.29) is 16.4 Å². The number of sulfonamides is 1. The van der Waals surface area contributed by atoms with Gasteiger partial charge < -0.3 is 10.1 Å². The third kappa shape index (κ3) is 4.21. The molecule has 0 bridgehead atoms. The number of primary sulfonamides is 1. The summed E-state index contributed by atoms with van der Waals surface area (Å²) in [5.74, 6) is -0.0519. The van der Waals surface area contributed by atoms with Crippen molar-refractivity contribution in [3.05, 3.63) is 23.8 Å². The second-order valence-electron chi connectivity index (χ2n) is 5.54. The Kier molecular flexibility index (Phi) is 5.61. The maximum Gasteiger partial charge on any atom is 0.255 e. The van der Waals surface area contributed by atoms with E-state index < -0.39 is 10.0 Å². The Morgan fingerprint density at radius 1 is 1.48 bits per heavy atom. The molecular formula is C15H23N3O4S. The van der Waals surface area contributed by atoms with E-state index in [1.165, 1.54) is 25.3 Å². The lowest BCUT2D eigenvalue weighted by Gasteiger charge is -2.23. The Hall–Kier alpha value is -1.64. The Bertz CT molecular complexity index is 675. The van der Waals surface area contributed by atoms with Gasteiger partial charge in [-0.1, -0.05) is 6.92 Å². The second kappa shape index (κ2) is 7.29. The first-order chi connectivity index (χ1) is 10.9. The third-order valence-electron chi connectivity index (χ3n) is 4.15. The first kappa shape index (κ1) is 17.7. The van der Waals surface area contributed by atoms with E-state index in [1.807, 2.05) is 0 Å². The summed E-state index contributed by atoms with van der Waals surface area (Å²) in [6.45, 7) is 4.61. The molecule has 0 spiro atoms. The van der Waals surface area contributed by atoms with Crippen LogP contribution in [0.3, 0.4) is 0 Å². The number of likely N-dealkylation sites (tertiary alicyclic amines) is 1. The average Bonchev–Trinajstić information content (AvgIpc) is 2.98. The van der Waals surface area contributed by atoms with E-state index in [1.54, 1.807) is 0 Å². The lowest BCUT2D eigenvalue weighted by atomic mass is 10.2. The molecule has 1 aliphatic heterocycles. The van der Waals surface area contributed by atoms with Crippen molar-refractivity contribution in [2.24, 2.45) is 5.14 Å². The number of nitrogens with two attached hydrogens (primary N) is 1. The van der Waals surface area contributed by atoms with Crippen LogP contribution in [0.4, 0.5) is 0 Å². The minimum Gasteiger partial charge on any atom is -0.496 e. The van der Waals surface area contributed by atoms with E-state index in [4.69, 9.17) is 9.88 Å². The molecule has 0 radical (unpaired) electrons. The Morgan fingerprint density at radius 3 is 2.83 bits per heavy atom. The predicted molar refractivity (Wildman–Crippen MR) is 87.0 cm³/mol. The maximum absolute atomic E-state index is 12.4. The van der Waals surface area contributed by atoms with Crippen LogP contribution < -0.4 is 15.2 Å². The van der Waals surface area contributed by atoms with Gasteiger partial charge in [-0.3, -0.25) is 9.69 Å². The molecular weight excluding hydrogens is 320 g/mol. The molecule has 23 heavy (non-hydrogen) atoms. The summed E-state index contributed by atoms with van der Waals surface area (Å²) in [7, 11) is -2.44. The minimum atomic E-state index is -3.87. The molecule has 7 nitrogen and oxygen atoms in total. The van der Waals surface area contributed by atoms with Crippen LogP contribution >= 0.6 is 0 Å². The number of carbonyl (C=O) groups excluding carboxylic acids is 1. The molecule has 3 N–H and O–H groups in total. The standard InChI is InChI=1S/C15H23N3O4S/c1-3-18-8-4-5-11(18)10-17-15(19)13-9-12(23(16,20)21)6-7-14(13)22-2/h6-7,9,11H,3-5,8,10H2,1-2H3,(H,17,19)(H2,16,20,21)/i15+2. The summed E-state index contributed by atoms with van der Waals surface area (Å²) in [5.41, 5.74) is 0.167. The van der Waals surface area contributed by atoms with Crippen LogP contribution in [0.1, 0.15) is 30.1 Å². The van der Waals surface area contributed by atoms with E-state index >= 15 is 0 Å². The van der Waals surface area contributed by atoms with Crippen LogP contribution in [0.5, 0.6) is 5.75 Å². The molecule has 1 fully saturated rings. The Morgan fingerprint density at radius 2 is 2.22 bits per heavy atom. The van der Waals surface area contributed by atoms with Gasteiger partial charge >= 0.3 is 0 Å². The van der Waals surface area contributed by atoms with Gasteiger partial charge in [0.05, 0.1) is 17.6 Å². The molecule has 1 heterocycles. The van der Waals surface area contributed by atoms with E-state index in [0.717, 1.165) is 25.9 Å². The van der Waals surface area contributed by atoms with Gasteiger partial charge in [-0.2, -0.15) is 0 Å². The van der Waals surface area contributed by atoms with Crippen LogP contribution in [0.25, 0.3) is 0 Å². The number of hydrogen-bond donors (Lipinski definition) is 2. The monoisotopic (exact) mass is 343 g/mol. The summed E-state index contributed by atoms with van der Waals surface area (Å²) in [6.07, 6.45) is 2.17. The number of ether oxygens (including phenoxy) is 1.